The molecule has 4 saturated carbocycles. The molecule has 1 N–H and O–H groups in total. The third-order valence-electron chi connectivity index (χ3n) is 7.55. The quantitative estimate of drug-likeness (QED) is 0.853. The first-order valence-electron chi connectivity index (χ1n) is 9.70. The zero-order chi connectivity index (χ0) is 16.5. The van der Waals surface area contributed by atoms with Crippen LogP contribution in [-0.2, 0) is 9.59 Å². The minimum atomic E-state index is -0.246. The maximum absolute atomic E-state index is 12.9. The largest absolute Gasteiger partial charge is 0.354 e. The third kappa shape index (κ3) is 2.26. The Balaban J connectivity index is 1.26. The van der Waals surface area contributed by atoms with Crippen LogP contribution in [0.15, 0.2) is 0 Å². The Bertz CT molecular complexity index is 557. The molecule has 4 nitrogen and oxygen atoms in total. The summed E-state index contributed by atoms with van der Waals surface area (Å²) >= 11 is 1.79. The molecular formula is C19H28N2O2S. The van der Waals surface area contributed by atoms with Crippen molar-refractivity contribution in [1.82, 2.24) is 10.2 Å². The number of nitrogens with one attached hydrogen (secondary N) is 1. The van der Waals surface area contributed by atoms with Gasteiger partial charge in [-0.2, -0.15) is 0 Å². The molecule has 0 unspecified atom stereocenters. The van der Waals surface area contributed by atoms with E-state index < -0.39 is 0 Å². The van der Waals surface area contributed by atoms with Crippen molar-refractivity contribution < 1.29 is 9.59 Å². The fourth-order valence-electron chi connectivity index (χ4n) is 6.91. The molecule has 24 heavy (non-hydrogen) atoms. The van der Waals surface area contributed by atoms with Crippen molar-refractivity contribution in [3.63, 3.8) is 0 Å². The number of hydrogen-bond donors (Lipinski definition) is 1. The van der Waals surface area contributed by atoms with Crippen LogP contribution in [0.5, 0.6) is 0 Å². The van der Waals surface area contributed by atoms with Gasteiger partial charge in [0.25, 0.3) is 0 Å². The van der Waals surface area contributed by atoms with Gasteiger partial charge < -0.3 is 10.2 Å². The van der Waals surface area contributed by atoms with Crippen molar-refractivity contribution in [2.45, 2.75) is 69.2 Å². The number of rotatable bonds is 3. The van der Waals surface area contributed by atoms with Crippen molar-refractivity contribution >= 4 is 23.6 Å². The minimum Gasteiger partial charge on any atom is -0.354 e. The molecule has 5 heteroatoms. The van der Waals surface area contributed by atoms with Crippen LogP contribution in [0.2, 0.25) is 0 Å². The summed E-state index contributed by atoms with van der Waals surface area (Å²) in [4.78, 5) is 26.8. The number of carbonyl (C=O) groups is 2. The van der Waals surface area contributed by atoms with E-state index in [4.69, 9.17) is 0 Å². The second kappa shape index (κ2) is 5.15. The average molecular weight is 349 g/mol. The van der Waals surface area contributed by atoms with Crippen LogP contribution in [0, 0.1) is 23.2 Å². The fraction of sp³-hybridized carbons (Fsp3) is 0.895. The summed E-state index contributed by atoms with van der Waals surface area (Å²) in [7, 11) is 0. The Morgan fingerprint density at radius 2 is 1.83 bits per heavy atom. The van der Waals surface area contributed by atoms with Gasteiger partial charge in [-0.1, -0.05) is 0 Å². The van der Waals surface area contributed by atoms with Gasteiger partial charge in [-0.25, -0.2) is 0 Å². The van der Waals surface area contributed by atoms with Gasteiger partial charge in [0, 0.05) is 18.7 Å². The molecular weight excluding hydrogens is 320 g/mol. The van der Waals surface area contributed by atoms with Crippen LogP contribution in [0.1, 0.15) is 58.3 Å². The van der Waals surface area contributed by atoms with E-state index in [-0.39, 0.29) is 22.7 Å². The first-order valence-corrected chi connectivity index (χ1v) is 10.7. The predicted molar refractivity (Wildman–Crippen MR) is 94.3 cm³/mol. The first-order chi connectivity index (χ1) is 11.5. The van der Waals surface area contributed by atoms with Crippen LogP contribution in [0.25, 0.3) is 0 Å². The number of hydrogen-bond acceptors (Lipinski definition) is 3. The molecule has 4 bridgehead atoms. The van der Waals surface area contributed by atoms with Crippen LogP contribution in [0.4, 0.5) is 0 Å². The van der Waals surface area contributed by atoms with Gasteiger partial charge in [0.05, 0.1) is 4.87 Å². The highest BCUT2D eigenvalue weighted by atomic mass is 32.2. The molecule has 0 aromatic heterocycles. The smallest absolute Gasteiger partial charge is 0.243 e. The van der Waals surface area contributed by atoms with Crippen molar-refractivity contribution in [3.05, 3.63) is 0 Å². The van der Waals surface area contributed by atoms with E-state index in [1.165, 1.54) is 38.5 Å². The first kappa shape index (κ1) is 15.5. The second-order valence-electron chi connectivity index (χ2n) is 9.40. The maximum Gasteiger partial charge on any atom is 0.243 e. The van der Waals surface area contributed by atoms with Gasteiger partial charge in [0.2, 0.25) is 11.8 Å². The zero-order valence-electron chi connectivity index (χ0n) is 14.6. The Labute approximate surface area is 148 Å². The van der Waals surface area contributed by atoms with E-state index >= 15 is 0 Å². The molecule has 2 saturated heterocycles. The van der Waals surface area contributed by atoms with Crippen LogP contribution in [-0.4, -0.2) is 39.9 Å². The second-order valence-corrected chi connectivity index (χ2v) is 10.9. The maximum atomic E-state index is 12.9. The number of nitrogens with zero attached hydrogens (tertiary/aromatic N) is 1. The molecule has 132 valence electrons. The van der Waals surface area contributed by atoms with E-state index in [0.717, 1.165) is 36.5 Å². The lowest BCUT2D eigenvalue weighted by molar-refractivity contribution is -0.138. The molecule has 4 aliphatic carbocycles. The highest BCUT2D eigenvalue weighted by Crippen LogP contribution is 2.59. The lowest BCUT2D eigenvalue weighted by Gasteiger charge is -2.57. The van der Waals surface area contributed by atoms with Gasteiger partial charge in [-0.3, -0.25) is 9.59 Å². The molecule has 0 radical (unpaired) electrons. The molecule has 2 heterocycles. The molecule has 0 spiro atoms. The number of thioether (sulfide) groups is 1. The summed E-state index contributed by atoms with van der Waals surface area (Å²) < 4.78 is 0. The molecule has 6 fully saturated rings. The Morgan fingerprint density at radius 3 is 2.46 bits per heavy atom. The van der Waals surface area contributed by atoms with Crippen LogP contribution < -0.4 is 5.32 Å². The number of amides is 2. The highest BCUT2D eigenvalue weighted by molar-refractivity contribution is 8.01. The van der Waals surface area contributed by atoms with E-state index in [9.17, 15) is 9.59 Å². The monoisotopic (exact) mass is 348 g/mol. The minimum absolute atomic E-state index is 0.0946. The van der Waals surface area contributed by atoms with E-state index in [1.807, 2.05) is 4.90 Å². The lowest BCUT2D eigenvalue weighted by atomic mass is 9.49. The molecule has 2 amide bonds. The summed E-state index contributed by atoms with van der Waals surface area (Å²) in [5, 5.41) is 3.29. The van der Waals surface area contributed by atoms with Gasteiger partial charge >= 0.3 is 0 Å². The van der Waals surface area contributed by atoms with Crippen molar-refractivity contribution in [2.24, 2.45) is 23.2 Å². The Hall–Kier alpha value is -0.710. The van der Waals surface area contributed by atoms with Crippen molar-refractivity contribution in [3.8, 4) is 0 Å². The van der Waals surface area contributed by atoms with Crippen molar-refractivity contribution in [2.75, 3.05) is 12.3 Å². The molecule has 6 rings (SSSR count). The topological polar surface area (TPSA) is 49.4 Å². The van der Waals surface area contributed by atoms with Crippen LogP contribution in [0.3, 0.4) is 0 Å². The predicted octanol–water partition coefficient (Wildman–Crippen LogP) is 2.77. The standard InChI is InChI=1S/C19H28N2O2S/c1-18-3-2-16(22)21(18)15(10-24-18)17(23)20-11-19-7-12-4-13(8-19)6-14(5-12)9-19/h12-15H,2-11H2,1H3,(H,20,23)/t12?,13?,14?,15-,18+,19?/m1/s1. The summed E-state index contributed by atoms with van der Waals surface area (Å²) in [5.74, 6) is 3.76. The SMILES string of the molecule is C[C@]12CCC(=O)N1[C@@H](C(=O)NCC13CC4CC(CC(C4)C1)C3)CS2. The average Bonchev–Trinajstić information content (AvgIpc) is 3.01. The van der Waals surface area contributed by atoms with Crippen molar-refractivity contribution in [1.29, 1.82) is 0 Å². The summed E-state index contributed by atoms with van der Waals surface area (Å²) in [6.07, 6.45) is 9.75. The van der Waals surface area contributed by atoms with Gasteiger partial charge in [0.1, 0.15) is 6.04 Å². The lowest BCUT2D eigenvalue weighted by Crippen LogP contribution is -2.55. The molecule has 0 aromatic rings. The molecule has 2 atom stereocenters. The number of fused-ring (bicyclic) bond motifs is 1. The Morgan fingerprint density at radius 1 is 1.21 bits per heavy atom. The molecule has 6 aliphatic rings. The van der Waals surface area contributed by atoms with E-state index in [1.54, 1.807) is 11.8 Å². The summed E-state index contributed by atoms with van der Waals surface area (Å²) in [6.45, 7) is 2.96. The van der Waals surface area contributed by atoms with E-state index in [2.05, 4.69) is 12.2 Å². The van der Waals surface area contributed by atoms with Crippen LogP contribution >= 0.6 is 11.8 Å². The van der Waals surface area contributed by atoms with Gasteiger partial charge in [0.15, 0.2) is 0 Å². The van der Waals surface area contributed by atoms with E-state index in [0.29, 0.717) is 11.8 Å². The van der Waals surface area contributed by atoms with Gasteiger partial charge in [-0.15, -0.1) is 11.8 Å². The fourth-order valence-corrected chi connectivity index (χ4v) is 8.35. The van der Waals surface area contributed by atoms with Gasteiger partial charge in [-0.05, 0) is 75.0 Å². The summed E-state index contributed by atoms with van der Waals surface area (Å²) in [6, 6.07) is -0.246. The third-order valence-corrected chi connectivity index (χ3v) is 9.06. The normalized spacial score (nSPS) is 48.9. The number of carbonyl (C=O) groups excluding carboxylic acids is 2. The zero-order valence-corrected chi connectivity index (χ0v) is 15.4. The molecule has 2 aliphatic heterocycles. The molecule has 0 aromatic carbocycles. The summed E-state index contributed by atoms with van der Waals surface area (Å²) in [5.41, 5.74) is 0.370. The highest BCUT2D eigenvalue weighted by Gasteiger charge is 2.54. The Kier molecular flexibility index (Phi) is 3.33.